The number of aryl methyl sites for hydroxylation is 1. The minimum absolute atomic E-state index is 0.115. The largest absolute Gasteiger partial charge is 0.494 e. The first-order valence-corrected chi connectivity index (χ1v) is 9.92. The quantitative estimate of drug-likeness (QED) is 0.729. The Labute approximate surface area is 158 Å². The molecular formula is C19H21NO6S. The van der Waals surface area contributed by atoms with Crippen molar-refractivity contribution < 1.29 is 27.4 Å². The molecule has 0 aliphatic carbocycles. The van der Waals surface area contributed by atoms with E-state index in [1.54, 1.807) is 43.3 Å². The normalized spacial score (nSPS) is 16.3. The van der Waals surface area contributed by atoms with Crippen molar-refractivity contribution in [3.63, 3.8) is 0 Å². The topological polar surface area (TPSA) is 82.1 Å². The number of ether oxygens (including phenoxy) is 3. The van der Waals surface area contributed by atoms with Gasteiger partial charge in [0.2, 0.25) is 6.10 Å². The Bertz CT molecular complexity index is 956. The fourth-order valence-corrected chi connectivity index (χ4v) is 4.47. The lowest BCUT2D eigenvalue weighted by atomic mass is 10.2. The number of methoxy groups -OCH3 is 1. The molecule has 0 amide bonds. The molecule has 0 saturated heterocycles. The molecule has 1 atom stereocenters. The molecule has 27 heavy (non-hydrogen) atoms. The number of hydrogen-bond acceptors (Lipinski definition) is 6. The van der Waals surface area contributed by atoms with Crippen molar-refractivity contribution in [2.45, 2.75) is 24.8 Å². The molecule has 0 spiro atoms. The lowest BCUT2D eigenvalue weighted by molar-refractivity contribution is -0.148. The van der Waals surface area contributed by atoms with E-state index in [2.05, 4.69) is 0 Å². The molecule has 2 aromatic carbocycles. The summed E-state index contributed by atoms with van der Waals surface area (Å²) in [5.74, 6) is 0.309. The molecule has 1 aliphatic heterocycles. The molecule has 0 radical (unpaired) electrons. The smallest absolute Gasteiger partial charge is 0.348 e. The van der Waals surface area contributed by atoms with Crippen LogP contribution in [0.25, 0.3) is 0 Å². The first kappa shape index (κ1) is 19.0. The summed E-state index contributed by atoms with van der Waals surface area (Å²) in [5.41, 5.74) is 1.09. The number of para-hydroxylation sites is 2. The van der Waals surface area contributed by atoms with Crippen LogP contribution in [0, 0.1) is 6.92 Å². The molecule has 0 aromatic heterocycles. The van der Waals surface area contributed by atoms with Gasteiger partial charge in [-0.3, -0.25) is 4.31 Å². The number of carbonyl (C=O) groups is 1. The highest BCUT2D eigenvalue weighted by atomic mass is 32.2. The van der Waals surface area contributed by atoms with Gasteiger partial charge in [0.25, 0.3) is 10.0 Å². The maximum absolute atomic E-state index is 13.3. The van der Waals surface area contributed by atoms with Gasteiger partial charge in [-0.05, 0) is 49.7 Å². The first-order chi connectivity index (χ1) is 12.9. The summed E-state index contributed by atoms with van der Waals surface area (Å²) in [4.78, 5) is 12.1. The minimum Gasteiger partial charge on any atom is -0.494 e. The molecule has 2 aromatic rings. The van der Waals surface area contributed by atoms with Gasteiger partial charge in [0.15, 0.2) is 0 Å². The van der Waals surface area contributed by atoms with E-state index in [4.69, 9.17) is 14.2 Å². The number of sulfonamides is 1. The maximum atomic E-state index is 13.3. The molecule has 8 heteroatoms. The van der Waals surface area contributed by atoms with Crippen LogP contribution in [0.3, 0.4) is 0 Å². The Kier molecular flexibility index (Phi) is 5.27. The van der Waals surface area contributed by atoms with Gasteiger partial charge < -0.3 is 14.2 Å². The van der Waals surface area contributed by atoms with E-state index in [1.165, 1.54) is 17.5 Å². The Morgan fingerprint density at radius 1 is 1.26 bits per heavy atom. The van der Waals surface area contributed by atoms with Crippen molar-refractivity contribution in [3.05, 3.63) is 48.0 Å². The van der Waals surface area contributed by atoms with Gasteiger partial charge in [-0.25, -0.2) is 13.2 Å². The highest BCUT2D eigenvalue weighted by Gasteiger charge is 2.38. The average molecular weight is 391 g/mol. The lowest BCUT2D eigenvalue weighted by Gasteiger charge is -2.34. The summed E-state index contributed by atoms with van der Waals surface area (Å²) in [7, 11) is -2.68. The van der Waals surface area contributed by atoms with Gasteiger partial charge in [-0.1, -0.05) is 12.1 Å². The molecule has 1 aliphatic rings. The Balaban J connectivity index is 2.04. The third-order valence-electron chi connectivity index (χ3n) is 4.23. The van der Waals surface area contributed by atoms with Crippen molar-refractivity contribution >= 4 is 21.7 Å². The van der Waals surface area contributed by atoms with E-state index in [0.717, 1.165) is 0 Å². The van der Waals surface area contributed by atoms with Crippen molar-refractivity contribution in [1.82, 2.24) is 0 Å². The second-order valence-electron chi connectivity index (χ2n) is 5.99. The van der Waals surface area contributed by atoms with Crippen molar-refractivity contribution in [2.24, 2.45) is 0 Å². The highest BCUT2D eigenvalue weighted by Crippen LogP contribution is 2.37. The van der Waals surface area contributed by atoms with Crippen LogP contribution in [0.5, 0.6) is 11.5 Å². The number of nitrogens with zero attached hydrogens (tertiary/aromatic N) is 1. The van der Waals surface area contributed by atoms with Gasteiger partial charge in [0.1, 0.15) is 11.5 Å². The first-order valence-electron chi connectivity index (χ1n) is 8.48. The number of rotatable bonds is 5. The summed E-state index contributed by atoms with van der Waals surface area (Å²) >= 11 is 0. The molecule has 0 N–H and O–H groups in total. The predicted molar refractivity (Wildman–Crippen MR) is 99.8 cm³/mol. The van der Waals surface area contributed by atoms with Crippen LogP contribution in [0.4, 0.5) is 5.69 Å². The van der Waals surface area contributed by atoms with Crippen LogP contribution in [0.2, 0.25) is 0 Å². The van der Waals surface area contributed by atoms with E-state index in [9.17, 15) is 13.2 Å². The van der Waals surface area contributed by atoms with E-state index in [-0.39, 0.29) is 11.4 Å². The number of benzene rings is 2. The van der Waals surface area contributed by atoms with Gasteiger partial charge >= 0.3 is 5.97 Å². The monoisotopic (exact) mass is 391 g/mol. The standard InChI is InChI=1S/C19H21NO6S/c1-4-25-16-10-9-14(11-13(16)2)27(22,23)20-12-18(19(21)24-3)26-17-8-6-5-7-15(17)20/h5-11,18H,4,12H2,1-3H3. The van der Waals surface area contributed by atoms with Gasteiger partial charge in [-0.2, -0.15) is 0 Å². The van der Waals surface area contributed by atoms with Gasteiger partial charge in [0.05, 0.1) is 30.8 Å². The van der Waals surface area contributed by atoms with Crippen molar-refractivity contribution in [3.8, 4) is 11.5 Å². The molecule has 1 heterocycles. The second kappa shape index (κ2) is 7.48. The SMILES string of the molecule is CCOc1ccc(S(=O)(=O)N2CC(C(=O)OC)Oc3ccccc32)cc1C. The van der Waals surface area contributed by atoms with Crippen LogP contribution in [-0.2, 0) is 19.6 Å². The number of esters is 1. The van der Waals surface area contributed by atoms with Gasteiger partial charge in [0, 0.05) is 0 Å². The Morgan fingerprint density at radius 3 is 2.67 bits per heavy atom. The summed E-state index contributed by atoms with van der Waals surface area (Å²) < 4.78 is 43.6. The lowest BCUT2D eigenvalue weighted by Crippen LogP contribution is -2.47. The van der Waals surface area contributed by atoms with E-state index in [1.807, 2.05) is 6.92 Å². The van der Waals surface area contributed by atoms with E-state index < -0.39 is 22.1 Å². The molecule has 0 bridgehead atoms. The molecule has 0 saturated carbocycles. The fraction of sp³-hybridized carbons (Fsp3) is 0.316. The highest BCUT2D eigenvalue weighted by molar-refractivity contribution is 7.92. The molecule has 7 nitrogen and oxygen atoms in total. The number of fused-ring (bicyclic) bond motifs is 1. The summed E-state index contributed by atoms with van der Waals surface area (Å²) in [6, 6.07) is 11.4. The zero-order valence-corrected chi connectivity index (χ0v) is 16.2. The minimum atomic E-state index is -3.91. The summed E-state index contributed by atoms with van der Waals surface area (Å²) in [5, 5.41) is 0. The summed E-state index contributed by atoms with van der Waals surface area (Å²) in [6.45, 7) is 3.97. The van der Waals surface area contributed by atoms with E-state index >= 15 is 0 Å². The Hall–Kier alpha value is -2.74. The van der Waals surface area contributed by atoms with E-state index in [0.29, 0.717) is 29.4 Å². The van der Waals surface area contributed by atoms with Crippen molar-refractivity contribution in [2.75, 3.05) is 24.6 Å². The molecule has 0 fully saturated rings. The predicted octanol–water partition coefficient (Wildman–Crippen LogP) is 2.52. The molecule has 3 rings (SSSR count). The molecule has 144 valence electrons. The third-order valence-corrected chi connectivity index (χ3v) is 6.01. The maximum Gasteiger partial charge on any atom is 0.348 e. The number of carbonyl (C=O) groups excluding carboxylic acids is 1. The zero-order valence-electron chi connectivity index (χ0n) is 15.3. The Morgan fingerprint density at radius 2 is 2.00 bits per heavy atom. The molecule has 1 unspecified atom stereocenters. The van der Waals surface area contributed by atoms with Crippen LogP contribution in [-0.4, -0.2) is 40.8 Å². The second-order valence-corrected chi connectivity index (χ2v) is 7.86. The van der Waals surface area contributed by atoms with Crippen LogP contribution in [0.15, 0.2) is 47.4 Å². The van der Waals surface area contributed by atoms with Crippen LogP contribution >= 0.6 is 0 Å². The average Bonchev–Trinajstić information content (AvgIpc) is 2.68. The van der Waals surface area contributed by atoms with Crippen LogP contribution < -0.4 is 13.8 Å². The fourth-order valence-electron chi connectivity index (χ4n) is 2.91. The van der Waals surface area contributed by atoms with Gasteiger partial charge in [-0.15, -0.1) is 0 Å². The summed E-state index contributed by atoms with van der Waals surface area (Å²) in [6.07, 6.45) is -1.04. The number of hydrogen-bond donors (Lipinski definition) is 0. The zero-order chi connectivity index (χ0) is 19.6. The third kappa shape index (κ3) is 3.57. The van der Waals surface area contributed by atoms with Crippen LogP contribution in [0.1, 0.15) is 12.5 Å². The number of anilines is 1. The molecular weight excluding hydrogens is 370 g/mol. The van der Waals surface area contributed by atoms with Crippen molar-refractivity contribution in [1.29, 1.82) is 0 Å².